The predicted octanol–water partition coefficient (Wildman–Crippen LogP) is 3.78. The number of hydrogen-bond donors (Lipinski definition) is 1. The Morgan fingerprint density at radius 3 is 2.60 bits per heavy atom. The van der Waals surface area contributed by atoms with Gasteiger partial charge in [-0.1, -0.05) is 29.8 Å². The summed E-state index contributed by atoms with van der Waals surface area (Å²) in [6.07, 6.45) is 0.534. The Kier molecular flexibility index (Phi) is 2.47. The molecule has 1 aromatic carbocycles. The smallest absolute Gasteiger partial charge is 0.0804 e. The van der Waals surface area contributed by atoms with Crippen molar-refractivity contribution in [3.63, 3.8) is 0 Å². The number of rotatable bonds is 0. The van der Waals surface area contributed by atoms with Gasteiger partial charge in [0.1, 0.15) is 0 Å². The van der Waals surface area contributed by atoms with E-state index in [1.54, 1.807) is 0 Å². The second-order valence-electron chi connectivity index (χ2n) is 5.19. The summed E-state index contributed by atoms with van der Waals surface area (Å²) in [5.74, 6) is 0. The van der Waals surface area contributed by atoms with Gasteiger partial charge in [-0.25, -0.2) is 0 Å². The van der Waals surface area contributed by atoms with Crippen molar-refractivity contribution in [1.29, 1.82) is 0 Å². The van der Waals surface area contributed by atoms with Crippen LogP contribution in [0.3, 0.4) is 0 Å². The third kappa shape index (κ3) is 1.55. The average Bonchev–Trinajstić information content (AvgIpc) is 2.32. The van der Waals surface area contributed by atoms with Crippen molar-refractivity contribution in [1.82, 2.24) is 0 Å². The molecule has 0 saturated heterocycles. The van der Waals surface area contributed by atoms with Gasteiger partial charge in [0.25, 0.3) is 0 Å². The summed E-state index contributed by atoms with van der Waals surface area (Å²) < 4.78 is 1.11. The van der Waals surface area contributed by atoms with Crippen LogP contribution in [0.4, 0.5) is 0 Å². The molecule has 1 aliphatic rings. The van der Waals surface area contributed by atoms with Crippen LogP contribution in [-0.2, 0) is 5.41 Å². The molecule has 15 heavy (non-hydrogen) atoms. The van der Waals surface area contributed by atoms with Gasteiger partial charge in [0.15, 0.2) is 0 Å². The molecule has 0 radical (unpaired) electrons. The standard InChI is InChI=1S/C13H17BrO/c1-7-5-9(14)8(2)11-10(15)6-13(3,4)12(7)11/h5,10,15H,6H2,1-4H3/t10-/m0/s1. The van der Waals surface area contributed by atoms with E-state index in [4.69, 9.17) is 0 Å². The lowest BCUT2D eigenvalue weighted by atomic mass is 9.83. The summed E-state index contributed by atoms with van der Waals surface area (Å²) in [6.45, 7) is 8.63. The number of benzene rings is 1. The Bertz CT molecular complexity index is 421. The monoisotopic (exact) mass is 268 g/mol. The third-order valence-corrected chi connectivity index (χ3v) is 4.31. The molecule has 0 spiro atoms. The zero-order valence-corrected chi connectivity index (χ0v) is 11.3. The molecule has 2 heteroatoms. The van der Waals surface area contributed by atoms with Crippen molar-refractivity contribution in [2.45, 2.75) is 45.6 Å². The predicted molar refractivity (Wildman–Crippen MR) is 66.2 cm³/mol. The van der Waals surface area contributed by atoms with Gasteiger partial charge in [-0.15, -0.1) is 0 Å². The van der Waals surface area contributed by atoms with Crippen LogP contribution in [0.5, 0.6) is 0 Å². The molecule has 0 bridgehead atoms. The van der Waals surface area contributed by atoms with Gasteiger partial charge in [0, 0.05) is 4.47 Å². The highest BCUT2D eigenvalue weighted by atomic mass is 79.9. The second kappa shape index (κ2) is 3.33. The molecule has 0 saturated carbocycles. The van der Waals surface area contributed by atoms with E-state index in [2.05, 4.69) is 49.7 Å². The Labute approximate surface area is 99.6 Å². The highest BCUT2D eigenvalue weighted by Crippen LogP contribution is 2.48. The molecule has 0 unspecified atom stereocenters. The summed E-state index contributed by atoms with van der Waals surface area (Å²) in [4.78, 5) is 0. The highest BCUT2D eigenvalue weighted by Gasteiger charge is 2.38. The molecule has 82 valence electrons. The van der Waals surface area contributed by atoms with E-state index in [1.165, 1.54) is 16.7 Å². The maximum absolute atomic E-state index is 10.1. The van der Waals surface area contributed by atoms with Crippen LogP contribution in [0.1, 0.15) is 48.6 Å². The lowest BCUT2D eigenvalue weighted by molar-refractivity contribution is 0.161. The first-order valence-electron chi connectivity index (χ1n) is 5.33. The Morgan fingerprint density at radius 2 is 2.00 bits per heavy atom. The van der Waals surface area contributed by atoms with Gasteiger partial charge < -0.3 is 5.11 Å². The first kappa shape index (κ1) is 11.2. The minimum Gasteiger partial charge on any atom is -0.388 e. The second-order valence-corrected chi connectivity index (χ2v) is 6.05. The summed E-state index contributed by atoms with van der Waals surface area (Å²) >= 11 is 3.55. The van der Waals surface area contributed by atoms with Crippen LogP contribution in [0.2, 0.25) is 0 Å². The zero-order valence-electron chi connectivity index (χ0n) is 9.69. The van der Waals surface area contributed by atoms with Crippen molar-refractivity contribution >= 4 is 15.9 Å². The zero-order chi connectivity index (χ0) is 11.4. The molecule has 1 N–H and O–H groups in total. The van der Waals surface area contributed by atoms with E-state index in [0.717, 1.165) is 16.5 Å². The topological polar surface area (TPSA) is 20.2 Å². The Hall–Kier alpha value is -0.340. The van der Waals surface area contributed by atoms with E-state index >= 15 is 0 Å². The van der Waals surface area contributed by atoms with Gasteiger partial charge in [0.05, 0.1) is 6.10 Å². The highest BCUT2D eigenvalue weighted by molar-refractivity contribution is 9.10. The number of aryl methyl sites for hydroxylation is 1. The molecule has 0 aromatic heterocycles. The molecular weight excluding hydrogens is 252 g/mol. The first-order chi connectivity index (χ1) is 6.84. The normalized spacial score (nSPS) is 22.9. The lowest BCUT2D eigenvalue weighted by Gasteiger charge is -2.21. The van der Waals surface area contributed by atoms with Crippen LogP contribution in [-0.4, -0.2) is 5.11 Å². The van der Waals surface area contributed by atoms with Gasteiger partial charge in [0.2, 0.25) is 0 Å². The van der Waals surface area contributed by atoms with Gasteiger partial charge in [-0.05, 0) is 54.0 Å². The molecule has 1 nitrogen and oxygen atoms in total. The van der Waals surface area contributed by atoms with Gasteiger partial charge in [-0.2, -0.15) is 0 Å². The van der Waals surface area contributed by atoms with Crippen molar-refractivity contribution in [2.24, 2.45) is 0 Å². The van der Waals surface area contributed by atoms with Gasteiger partial charge >= 0.3 is 0 Å². The fourth-order valence-electron chi connectivity index (χ4n) is 2.90. The van der Waals surface area contributed by atoms with Crippen LogP contribution >= 0.6 is 15.9 Å². The van der Waals surface area contributed by atoms with Gasteiger partial charge in [-0.3, -0.25) is 0 Å². The molecule has 2 rings (SSSR count). The van der Waals surface area contributed by atoms with E-state index < -0.39 is 0 Å². The van der Waals surface area contributed by atoms with Crippen LogP contribution in [0.15, 0.2) is 10.5 Å². The summed E-state index contributed by atoms with van der Waals surface area (Å²) in [7, 11) is 0. The molecule has 1 aliphatic carbocycles. The quantitative estimate of drug-likeness (QED) is 0.760. The van der Waals surface area contributed by atoms with Crippen LogP contribution in [0.25, 0.3) is 0 Å². The van der Waals surface area contributed by atoms with Crippen molar-refractivity contribution in [3.05, 3.63) is 32.8 Å². The van der Waals surface area contributed by atoms with Crippen molar-refractivity contribution < 1.29 is 5.11 Å². The fraction of sp³-hybridized carbons (Fsp3) is 0.538. The van der Waals surface area contributed by atoms with E-state index in [0.29, 0.717) is 0 Å². The Balaban J connectivity index is 2.78. The fourth-order valence-corrected chi connectivity index (χ4v) is 3.46. The number of hydrogen-bond acceptors (Lipinski definition) is 1. The van der Waals surface area contributed by atoms with Crippen molar-refractivity contribution in [2.75, 3.05) is 0 Å². The van der Waals surface area contributed by atoms with Crippen LogP contribution in [0, 0.1) is 13.8 Å². The number of aliphatic hydroxyl groups is 1. The molecule has 1 atom stereocenters. The number of halogens is 1. The third-order valence-electron chi connectivity index (χ3n) is 3.48. The SMILES string of the molecule is Cc1cc(Br)c(C)c2c1C(C)(C)C[C@@H]2O. The molecule has 0 amide bonds. The minimum absolute atomic E-state index is 0.101. The number of aliphatic hydroxyl groups excluding tert-OH is 1. The van der Waals surface area contributed by atoms with Crippen LogP contribution < -0.4 is 0 Å². The van der Waals surface area contributed by atoms with E-state index in [9.17, 15) is 5.11 Å². The lowest BCUT2D eigenvalue weighted by Crippen LogP contribution is -2.14. The first-order valence-corrected chi connectivity index (χ1v) is 6.12. The molecule has 0 fully saturated rings. The average molecular weight is 269 g/mol. The molecule has 0 aliphatic heterocycles. The maximum atomic E-state index is 10.1. The van der Waals surface area contributed by atoms with E-state index in [-0.39, 0.29) is 11.5 Å². The minimum atomic E-state index is -0.300. The maximum Gasteiger partial charge on any atom is 0.0804 e. The van der Waals surface area contributed by atoms with E-state index in [1.807, 2.05) is 0 Å². The largest absolute Gasteiger partial charge is 0.388 e. The molecule has 0 heterocycles. The molecule has 1 aromatic rings. The molecular formula is C13H17BrO. The summed E-state index contributed by atoms with van der Waals surface area (Å²) in [6, 6.07) is 2.16. The van der Waals surface area contributed by atoms with Crippen molar-refractivity contribution in [3.8, 4) is 0 Å². The number of fused-ring (bicyclic) bond motifs is 1. The summed E-state index contributed by atoms with van der Waals surface area (Å²) in [5.41, 5.74) is 5.06. The Morgan fingerprint density at radius 1 is 1.40 bits per heavy atom. The summed E-state index contributed by atoms with van der Waals surface area (Å²) in [5, 5.41) is 10.1.